The molecule has 3 aromatic rings. The van der Waals surface area contributed by atoms with Crippen molar-refractivity contribution < 1.29 is 4.79 Å². The zero-order valence-corrected chi connectivity index (χ0v) is 12.3. The summed E-state index contributed by atoms with van der Waals surface area (Å²) in [5, 5.41) is 2.81. The molecule has 114 valence electrons. The molecule has 0 aliphatic rings. The average Bonchev–Trinajstić information content (AvgIpc) is 2.61. The van der Waals surface area contributed by atoms with Gasteiger partial charge in [0, 0.05) is 30.7 Å². The Morgan fingerprint density at radius 1 is 1.09 bits per heavy atom. The predicted octanol–water partition coefficient (Wildman–Crippen LogP) is 2.05. The second-order valence-electron chi connectivity index (χ2n) is 4.90. The molecule has 0 saturated heterocycles. The molecule has 0 spiro atoms. The fraction of sp³-hybridized carbons (Fsp3) is 0.0588. The lowest BCUT2D eigenvalue weighted by Crippen LogP contribution is -2.24. The average molecular weight is 305 g/mol. The first-order chi connectivity index (χ1) is 11.2. The molecule has 0 aliphatic heterocycles. The van der Waals surface area contributed by atoms with Crippen LogP contribution in [0.2, 0.25) is 0 Å². The number of nitrogens with zero attached hydrogens (tertiary/aromatic N) is 3. The molecule has 6 nitrogen and oxygen atoms in total. The van der Waals surface area contributed by atoms with Crippen molar-refractivity contribution in [2.24, 2.45) is 0 Å². The number of nitrogens with two attached hydrogens (primary N) is 1. The van der Waals surface area contributed by atoms with Gasteiger partial charge in [-0.2, -0.15) is 0 Å². The Labute approximate surface area is 133 Å². The van der Waals surface area contributed by atoms with Gasteiger partial charge in [0.15, 0.2) is 5.82 Å². The number of nitrogen functional groups attached to an aromatic ring is 1. The Hall–Kier alpha value is -3.28. The van der Waals surface area contributed by atoms with Gasteiger partial charge in [-0.15, -0.1) is 0 Å². The van der Waals surface area contributed by atoms with Gasteiger partial charge in [0.1, 0.15) is 5.82 Å². The number of carbonyl (C=O) groups excluding carboxylic acids is 1. The van der Waals surface area contributed by atoms with Crippen LogP contribution in [0.4, 0.5) is 5.82 Å². The van der Waals surface area contributed by atoms with Gasteiger partial charge in [0.2, 0.25) is 0 Å². The summed E-state index contributed by atoms with van der Waals surface area (Å²) in [6.07, 6.45) is 4.74. The summed E-state index contributed by atoms with van der Waals surface area (Å²) in [5.74, 6) is 0.314. The molecular formula is C17H15N5O. The highest BCUT2D eigenvalue weighted by Gasteiger charge is 2.13. The number of rotatable bonds is 4. The molecule has 0 atom stereocenters. The molecule has 0 radical (unpaired) electrons. The highest BCUT2D eigenvalue weighted by Crippen LogP contribution is 2.16. The van der Waals surface area contributed by atoms with E-state index in [1.165, 1.54) is 6.20 Å². The van der Waals surface area contributed by atoms with E-state index in [0.717, 1.165) is 11.1 Å². The van der Waals surface area contributed by atoms with Crippen LogP contribution in [0.15, 0.2) is 61.1 Å². The van der Waals surface area contributed by atoms with Crippen molar-refractivity contribution in [3.8, 4) is 11.4 Å². The molecule has 2 aromatic heterocycles. The fourth-order valence-corrected chi connectivity index (χ4v) is 2.08. The van der Waals surface area contributed by atoms with Crippen molar-refractivity contribution in [1.82, 2.24) is 20.3 Å². The van der Waals surface area contributed by atoms with Crippen molar-refractivity contribution in [2.75, 3.05) is 5.73 Å². The number of nitrogens with one attached hydrogen (secondary N) is 1. The van der Waals surface area contributed by atoms with Gasteiger partial charge in [0.05, 0.1) is 5.56 Å². The minimum atomic E-state index is -0.298. The van der Waals surface area contributed by atoms with Crippen LogP contribution in [0.5, 0.6) is 0 Å². The normalized spacial score (nSPS) is 10.3. The molecular weight excluding hydrogens is 290 g/mol. The summed E-state index contributed by atoms with van der Waals surface area (Å²) < 4.78 is 0. The molecule has 1 aromatic carbocycles. The van der Waals surface area contributed by atoms with Gasteiger partial charge < -0.3 is 11.1 Å². The van der Waals surface area contributed by atoms with Crippen molar-refractivity contribution in [3.63, 3.8) is 0 Å². The van der Waals surface area contributed by atoms with Crippen LogP contribution in [0.3, 0.4) is 0 Å². The molecule has 0 unspecified atom stereocenters. The van der Waals surface area contributed by atoms with Crippen LogP contribution in [-0.4, -0.2) is 20.9 Å². The summed E-state index contributed by atoms with van der Waals surface area (Å²) in [7, 11) is 0. The predicted molar refractivity (Wildman–Crippen MR) is 87.3 cm³/mol. The maximum absolute atomic E-state index is 12.2. The Kier molecular flexibility index (Phi) is 4.24. The fourth-order valence-electron chi connectivity index (χ4n) is 2.08. The maximum atomic E-state index is 12.2. The molecule has 6 heteroatoms. The summed E-state index contributed by atoms with van der Waals surface area (Å²) in [5.41, 5.74) is 7.97. The lowest BCUT2D eigenvalue weighted by Gasteiger charge is -2.08. The van der Waals surface area contributed by atoms with Crippen LogP contribution >= 0.6 is 0 Å². The van der Waals surface area contributed by atoms with Crippen LogP contribution in [0.25, 0.3) is 11.4 Å². The number of benzene rings is 1. The van der Waals surface area contributed by atoms with Crippen LogP contribution < -0.4 is 11.1 Å². The first-order valence-electron chi connectivity index (χ1n) is 7.09. The Morgan fingerprint density at radius 2 is 1.83 bits per heavy atom. The topological polar surface area (TPSA) is 93.8 Å². The third kappa shape index (κ3) is 3.49. The molecule has 3 rings (SSSR count). The van der Waals surface area contributed by atoms with E-state index in [2.05, 4.69) is 20.3 Å². The smallest absolute Gasteiger partial charge is 0.256 e. The minimum absolute atomic E-state index is 0.150. The summed E-state index contributed by atoms with van der Waals surface area (Å²) in [6.45, 7) is 0.422. The van der Waals surface area contributed by atoms with E-state index in [9.17, 15) is 4.79 Å². The number of pyridine rings is 1. The van der Waals surface area contributed by atoms with E-state index in [1.54, 1.807) is 24.5 Å². The number of amides is 1. The number of hydrogen-bond donors (Lipinski definition) is 2. The highest BCUT2D eigenvalue weighted by atomic mass is 16.1. The lowest BCUT2D eigenvalue weighted by molar-refractivity contribution is 0.0951. The number of anilines is 1. The van der Waals surface area contributed by atoms with Crippen LogP contribution in [-0.2, 0) is 6.54 Å². The van der Waals surface area contributed by atoms with Crippen LogP contribution in [0, 0.1) is 0 Å². The SMILES string of the molecule is Nc1nc(-c2ccncc2)ncc1C(=O)NCc1ccccc1. The summed E-state index contributed by atoms with van der Waals surface area (Å²) in [6, 6.07) is 13.2. The molecule has 1 amide bonds. The van der Waals surface area contributed by atoms with Crippen molar-refractivity contribution in [2.45, 2.75) is 6.54 Å². The zero-order chi connectivity index (χ0) is 16.1. The van der Waals surface area contributed by atoms with Gasteiger partial charge >= 0.3 is 0 Å². The first kappa shape index (κ1) is 14.6. The monoisotopic (exact) mass is 305 g/mol. The Morgan fingerprint density at radius 3 is 2.52 bits per heavy atom. The Balaban J connectivity index is 1.74. The van der Waals surface area contributed by atoms with Gasteiger partial charge in [0.25, 0.3) is 5.91 Å². The molecule has 0 fully saturated rings. The van der Waals surface area contributed by atoms with Crippen molar-refractivity contribution >= 4 is 11.7 Å². The highest BCUT2D eigenvalue weighted by molar-refractivity contribution is 5.98. The van der Waals surface area contributed by atoms with E-state index in [4.69, 9.17) is 5.73 Å². The zero-order valence-electron chi connectivity index (χ0n) is 12.3. The Bertz CT molecular complexity index is 806. The second-order valence-corrected chi connectivity index (χ2v) is 4.90. The largest absolute Gasteiger partial charge is 0.383 e. The van der Waals surface area contributed by atoms with E-state index in [-0.39, 0.29) is 17.3 Å². The quantitative estimate of drug-likeness (QED) is 0.769. The molecule has 0 saturated carbocycles. The lowest BCUT2D eigenvalue weighted by atomic mass is 10.2. The number of aromatic nitrogens is 3. The summed E-state index contributed by atoms with van der Waals surface area (Å²) in [4.78, 5) is 24.6. The first-order valence-corrected chi connectivity index (χ1v) is 7.09. The van der Waals surface area contributed by atoms with E-state index >= 15 is 0 Å². The maximum Gasteiger partial charge on any atom is 0.256 e. The van der Waals surface area contributed by atoms with Gasteiger partial charge in [-0.25, -0.2) is 9.97 Å². The minimum Gasteiger partial charge on any atom is -0.383 e. The molecule has 23 heavy (non-hydrogen) atoms. The number of hydrogen-bond acceptors (Lipinski definition) is 5. The molecule has 3 N–H and O–H groups in total. The van der Waals surface area contributed by atoms with Crippen molar-refractivity contribution in [1.29, 1.82) is 0 Å². The van der Waals surface area contributed by atoms with E-state index in [1.807, 2.05) is 30.3 Å². The number of carbonyl (C=O) groups is 1. The van der Waals surface area contributed by atoms with E-state index < -0.39 is 0 Å². The van der Waals surface area contributed by atoms with Gasteiger partial charge in [-0.05, 0) is 17.7 Å². The summed E-state index contributed by atoms with van der Waals surface area (Å²) >= 11 is 0. The van der Waals surface area contributed by atoms with E-state index in [0.29, 0.717) is 12.4 Å². The molecule has 2 heterocycles. The van der Waals surface area contributed by atoms with Crippen molar-refractivity contribution in [3.05, 3.63) is 72.2 Å². The molecule has 0 aliphatic carbocycles. The van der Waals surface area contributed by atoms with Gasteiger partial charge in [-0.3, -0.25) is 9.78 Å². The third-order valence-corrected chi connectivity index (χ3v) is 3.30. The standard InChI is InChI=1S/C17H15N5O/c18-15-14(17(23)21-10-12-4-2-1-3-5-12)11-20-16(22-15)13-6-8-19-9-7-13/h1-9,11H,10H2,(H,21,23)(H2,18,20,22). The van der Waals surface area contributed by atoms with Crippen LogP contribution in [0.1, 0.15) is 15.9 Å². The molecule has 0 bridgehead atoms. The second kappa shape index (κ2) is 6.65. The third-order valence-electron chi connectivity index (χ3n) is 3.30. The van der Waals surface area contributed by atoms with Gasteiger partial charge in [-0.1, -0.05) is 30.3 Å².